The van der Waals surface area contributed by atoms with Crippen LogP contribution in [0.3, 0.4) is 0 Å². The Bertz CT molecular complexity index is 592. The lowest BCUT2D eigenvalue weighted by molar-refractivity contribution is -0.191. The maximum absolute atomic E-state index is 12.5. The predicted molar refractivity (Wildman–Crippen MR) is 75.1 cm³/mol. The van der Waals surface area contributed by atoms with Crippen LogP contribution in [-0.4, -0.2) is 43.2 Å². The van der Waals surface area contributed by atoms with Gasteiger partial charge in [-0.2, -0.15) is 5.10 Å². The first-order valence-corrected chi connectivity index (χ1v) is 8.87. The minimum atomic E-state index is -3.61. The Morgan fingerprint density at radius 1 is 1.43 bits per heavy atom. The van der Waals surface area contributed by atoms with Gasteiger partial charge < -0.3 is 9.47 Å². The summed E-state index contributed by atoms with van der Waals surface area (Å²) in [6.07, 6.45) is 6.32. The molecule has 1 saturated heterocycles. The number of hydrogen-bond acceptors (Lipinski definition) is 5. The van der Waals surface area contributed by atoms with E-state index in [0.29, 0.717) is 19.8 Å². The van der Waals surface area contributed by atoms with Crippen LogP contribution in [0.4, 0.5) is 0 Å². The SMILES string of the molecule is CCn1cc(S(=O)(=O)N[C@H]2CCCCC23OCCO3)cn1. The molecule has 0 aromatic carbocycles. The number of nitrogens with zero attached hydrogens (tertiary/aromatic N) is 2. The molecule has 2 aliphatic rings. The quantitative estimate of drug-likeness (QED) is 0.891. The molecule has 1 aromatic heterocycles. The summed E-state index contributed by atoms with van der Waals surface area (Å²) in [4.78, 5) is 0.183. The summed E-state index contributed by atoms with van der Waals surface area (Å²) in [5.41, 5.74) is 0. The van der Waals surface area contributed by atoms with Crippen LogP contribution >= 0.6 is 0 Å². The van der Waals surface area contributed by atoms with Crippen molar-refractivity contribution in [2.24, 2.45) is 0 Å². The fourth-order valence-corrected chi connectivity index (χ4v) is 4.24. The summed E-state index contributed by atoms with van der Waals surface area (Å²) in [6.45, 7) is 3.58. The van der Waals surface area contributed by atoms with Gasteiger partial charge in [0.1, 0.15) is 4.90 Å². The second kappa shape index (κ2) is 5.68. The highest BCUT2D eigenvalue weighted by Gasteiger charge is 2.47. The Morgan fingerprint density at radius 2 is 2.19 bits per heavy atom. The summed E-state index contributed by atoms with van der Waals surface area (Å²) in [5, 5.41) is 4.02. The second-order valence-corrected chi connectivity index (χ2v) is 7.17. The molecule has 7 nitrogen and oxygen atoms in total. The van der Waals surface area contributed by atoms with E-state index in [1.165, 1.54) is 12.4 Å². The van der Waals surface area contributed by atoms with E-state index in [9.17, 15) is 8.42 Å². The minimum absolute atomic E-state index is 0.183. The van der Waals surface area contributed by atoms with Crippen LogP contribution in [0.2, 0.25) is 0 Å². The zero-order chi connectivity index (χ0) is 14.9. The average Bonchev–Trinajstić information content (AvgIpc) is 3.11. The number of hydrogen-bond donors (Lipinski definition) is 1. The highest BCUT2D eigenvalue weighted by atomic mass is 32.2. The number of aromatic nitrogens is 2. The monoisotopic (exact) mass is 315 g/mol. The molecule has 8 heteroatoms. The first kappa shape index (κ1) is 15.0. The highest BCUT2D eigenvalue weighted by molar-refractivity contribution is 7.89. The lowest BCUT2D eigenvalue weighted by Crippen LogP contribution is -2.55. The summed E-state index contributed by atoms with van der Waals surface area (Å²) >= 11 is 0. The number of sulfonamides is 1. The number of rotatable bonds is 4. The van der Waals surface area contributed by atoms with E-state index >= 15 is 0 Å². The van der Waals surface area contributed by atoms with Gasteiger partial charge >= 0.3 is 0 Å². The molecule has 0 radical (unpaired) electrons. The van der Waals surface area contributed by atoms with Gasteiger partial charge in [0.2, 0.25) is 10.0 Å². The van der Waals surface area contributed by atoms with Gasteiger partial charge in [-0.1, -0.05) is 6.42 Å². The molecule has 0 bridgehead atoms. The number of nitrogens with one attached hydrogen (secondary N) is 1. The molecule has 0 unspecified atom stereocenters. The van der Waals surface area contributed by atoms with Crippen molar-refractivity contribution < 1.29 is 17.9 Å². The molecule has 0 amide bonds. The molecule has 1 aromatic rings. The number of aryl methyl sites for hydroxylation is 1. The Labute approximate surface area is 124 Å². The molecule has 3 rings (SSSR count). The van der Waals surface area contributed by atoms with Crippen LogP contribution in [-0.2, 0) is 26.0 Å². The van der Waals surface area contributed by atoms with Crippen molar-refractivity contribution in [3.8, 4) is 0 Å². The molecule has 21 heavy (non-hydrogen) atoms. The maximum Gasteiger partial charge on any atom is 0.244 e. The normalized spacial score (nSPS) is 25.5. The Balaban J connectivity index is 1.80. The van der Waals surface area contributed by atoms with Crippen molar-refractivity contribution in [3.05, 3.63) is 12.4 Å². The van der Waals surface area contributed by atoms with E-state index in [0.717, 1.165) is 25.7 Å². The molecule has 1 aliphatic carbocycles. The third kappa shape index (κ3) is 2.85. The molecule has 118 valence electrons. The van der Waals surface area contributed by atoms with Crippen molar-refractivity contribution in [1.29, 1.82) is 0 Å². The maximum atomic E-state index is 12.5. The molecule has 1 aliphatic heterocycles. The smallest absolute Gasteiger partial charge is 0.244 e. The Kier molecular flexibility index (Phi) is 4.04. The van der Waals surface area contributed by atoms with Crippen LogP contribution in [0.5, 0.6) is 0 Å². The zero-order valence-electron chi connectivity index (χ0n) is 12.1. The van der Waals surface area contributed by atoms with Crippen molar-refractivity contribution in [3.63, 3.8) is 0 Å². The zero-order valence-corrected chi connectivity index (χ0v) is 12.9. The highest BCUT2D eigenvalue weighted by Crippen LogP contribution is 2.36. The van der Waals surface area contributed by atoms with Crippen LogP contribution in [0.15, 0.2) is 17.3 Å². The van der Waals surface area contributed by atoms with Gasteiger partial charge in [-0.25, -0.2) is 13.1 Å². The van der Waals surface area contributed by atoms with Gasteiger partial charge in [0, 0.05) is 19.2 Å². The molecule has 1 spiro atoms. The number of ether oxygens (including phenoxy) is 2. The minimum Gasteiger partial charge on any atom is -0.346 e. The van der Waals surface area contributed by atoms with Crippen molar-refractivity contribution in [2.45, 2.75) is 55.9 Å². The van der Waals surface area contributed by atoms with Crippen LogP contribution in [0, 0.1) is 0 Å². The molecular formula is C13H21N3O4S. The second-order valence-electron chi connectivity index (χ2n) is 5.46. The third-order valence-corrected chi connectivity index (χ3v) is 5.54. The average molecular weight is 315 g/mol. The van der Waals surface area contributed by atoms with E-state index in [2.05, 4.69) is 9.82 Å². The van der Waals surface area contributed by atoms with Crippen LogP contribution < -0.4 is 4.72 Å². The van der Waals surface area contributed by atoms with Crippen LogP contribution in [0.1, 0.15) is 32.6 Å². The van der Waals surface area contributed by atoms with Gasteiger partial charge in [-0.15, -0.1) is 0 Å². The van der Waals surface area contributed by atoms with Crippen molar-refractivity contribution in [1.82, 2.24) is 14.5 Å². The van der Waals surface area contributed by atoms with Crippen LogP contribution in [0.25, 0.3) is 0 Å². The van der Waals surface area contributed by atoms with E-state index in [1.807, 2.05) is 6.92 Å². The Morgan fingerprint density at radius 3 is 2.86 bits per heavy atom. The summed E-state index contributed by atoms with van der Waals surface area (Å²) < 4.78 is 40.8. The largest absolute Gasteiger partial charge is 0.346 e. The fraction of sp³-hybridized carbons (Fsp3) is 0.769. The standard InChI is InChI=1S/C13H21N3O4S/c1-2-16-10-11(9-14-16)21(17,18)15-12-5-3-4-6-13(12)19-7-8-20-13/h9-10,12,15H,2-8H2,1H3/t12-/m0/s1. The lowest BCUT2D eigenvalue weighted by Gasteiger charge is -2.39. The molecule has 2 heterocycles. The predicted octanol–water partition coefficient (Wildman–Crippen LogP) is 0.867. The topological polar surface area (TPSA) is 82.5 Å². The van der Waals surface area contributed by atoms with E-state index in [-0.39, 0.29) is 10.9 Å². The molecular weight excluding hydrogens is 294 g/mol. The summed E-state index contributed by atoms with van der Waals surface area (Å²) in [6, 6.07) is -0.344. The summed E-state index contributed by atoms with van der Waals surface area (Å²) in [7, 11) is -3.61. The van der Waals surface area contributed by atoms with Crippen molar-refractivity contribution >= 4 is 10.0 Å². The van der Waals surface area contributed by atoms with Gasteiger partial charge in [0.05, 0.1) is 25.5 Å². The van der Waals surface area contributed by atoms with Gasteiger partial charge in [-0.05, 0) is 19.8 Å². The third-order valence-electron chi connectivity index (χ3n) is 4.12. The first-order chi connectivity index (χ1) is 10.1. The molecule has 1 N–H and O–H groups in total. The van der Waals surface area contributed by atoms with Crippen molar-refractivity contribution in [2.75, 3.05) is 13.2 Å². The fourth-order valence-electron chi connectivity index (χ4n) is 2.99. The van der Waals surface area contributed by atoms with E-state index in [4.69, 9.17) is 9.47 Å². The van der Waals surface area contributed by atoms with Gasteiger partial charge in [0.25, 0.3) is 0 Å². The molecule has 1 atom stereocenters. The van der Waals surface area contributed by atoms with Gasteiger partial charge in [-0.3, -0.25) is 4.68 Å². The Hall–Kier alpha value is -0.960. The summed E-state index contributed by atoms with van der Waals surface area (Å²) in [5.74, 6) is -0.786. The van der Waals surface area contributed by atoms with E-state index in [1.54, 1.807) is 4.68 Å². The lowest BCUT2D eigenvalue weighted by atomic mass is 9.90. The molecule has 1 saturated carbocycles. The van der Waals surface area contributed by atoms with Gasteiger partial charge in [0.15, 0.2) is 5.79 Å². The molecule has 2 fully saturated rings. The first-order valence-electron chi connectivity index (χ1n) is 7.38. The van der Waals surface area contributed by atoms with E-state index < -0.39 is 15.8 Å².